The van der Waals surface area contributed by atoms with Crippen LogP contribution < -0.4 is 0 Å². The number of aliphatic hydroxyl groups excluding tert-OH is 1. The van der Waals surface area contributed by atoms with Crippen LogP contribution in [0.25, 0.3) is 0 Å². The van der Waals surface area contributed by atoms with E-state index in [1.54, 1.807) is 30.3 Å². The minimum absolute atomic E-state index is 0. The molecule has 1 aromatic rings. The van der Waals surface area contributed by atoms with Crippen molar-refractivity contribution in [2.24, 2.45) is 0 Å². The van der Waals surface area contributed by atoms with Gasteiger partial charge in [-0.15, -0.1) is 0 Å². The SMILES string of the molecule is O=[PH](O)C(O)c1ccccc1.[PbH2]. The summed E-state index contributed by atoms with van der Waals surface area (Å²) in [5, 5.41) is 9.08. The fraction of sp³-hybridized carbons (Fsp3) is 0.143. The molecule has 66 valence electrons. The van der Waals surface area contributed by atoms with Crippen LogP contribution in [-0.4, -0.2) is 37.3 Å². The maximum atomic E-state index is 10.4. The topological polar surface area (TPSA) is 57.5 Å². The van der Waals surface area contributed by atoms with Gasteiger partial charge in [0, 0.05) is 0 Å². The van der Waals surface area contributed by atoms with Gasteiger partial charge in [0.05, 0.1) is 0 Å². The van der Waals surface area contributed by atoms with Crippen LogP contribution in [0.3, 0.4) is 0 Å². The van der Waals surface area contributed by atoms with Gasteiger partial charge in [-0.3, -0.25) is 4.57 Å². The Morgan fingerprint density at radius 2 is 1.75 bits per heavy atom. The van der Waals surface area contributed by atoms with E-state index in [9.17, 15) is 4.57 Å². The van der Waals surface area contributed by atoms with Crippen LogP contribution in [0.15, 0.2) is 30.3 Å². The summed E-state index contributed by atoms with van der Waals surface area (Å²) < 4.78 is 10.4. The summed E-state index contributed by atoms with van der Waals surface area (Å²) in [4.78, 5) is 8.57. The number of aliphatic hydroxyl groups is 1. The van der Waals surface area contributed by atoms with Gasteiger partial charge in [0.1, 0.15) is 0 Å². The molecule has 3 nitrogen and oxygen atoms in total. The molecule has 2 unspecified atom stereocenters. The Labute approximate surface area is 91.5 Å². The van der Waals surface area contributed by atoms with E-state index in [1.165, 1.54) is 0 Å². The summed E-state index contributed by atoms with van der Waals surface area (Å²) in [5.41, 5.74) is 0.485. The molecule has 0 heterocycles. The van der Waals surface area contributed by atoms with Gasteiger partial charge in [0.15, 0.2) is 5.85 Å². The second kappa shape index (κ2) is 5.86. The first-order chi connectivity index (χ1) is 5.22. The first-order valence-electron chi connectivity index (χ1n) is 3.17. The molecule has 1 aromatic carbocycles. The fourth-order valence-electron chi connectivity index (χ4n) is 0.778. The van der Waals surface area contributed by atoms with Gasteiger partial charge in [0.25, 0.3) is 0 Å². The zero-order chi connectivity index (χ0) is 8.27. The minimum atomic E-state index is -2.86. The molecule has 0 aliphatic carbocycles. The van der Waals surface area contributed by atoms with Crippen molar-refractivity contribution in [3.8, 4) is 0 Å². The van der Waals surface area contributed by atoms with Gasteiger partial charge in [-0.25, -0.2) is 0 Å². The van der Waals surface area contributed by atoms with Crippen molar-refractivity contribution in [2.75, 3.05) is 0 Å². The Hall–Kier alpha value is 0.292. The maximum absolute atomic E-state index is 10.4. The van der Waals surface area contributed by atoms with Gasteiger partial charge >= 0.3 is 27.3 Å². The molecule has 2 N–H and O–H groups in total. The van der Waals surface area contributed by atoms with Crippen LogP contribution in [0, 0.1) is 0 Å². The molecule has 0 spiro atoms. The molecule has 0 aromatic heterocycles. The van der Waals surface area contributed by atoms with E-state index in [2.05, 4.69) is 0 Å². The molecule has 0 bridgehead atoms. The molecule has 0 saturated heterocycles. The quantitative estimate of drug-likeness (QED) is 0.570. The van der Waals surface area contributed by atoms with E-state index in [0.29, 0.717) is 5.56 Å². The summed E-state index contributed by atoms with van der Waals surface area (Å²) in [5.74, 6) is -1.22. The number of benzene rings is 1. The molecule has 1 rings (SSSR count). The average molecular weight is 381 g/mol. The Morgan fingerprint density at radius 3 is 2.17 bits per heavy atom. The van der Waals surface area contributed by atoms with Crippen molar-refractivity contribution in [3.63, 3.8) is 0 Å². The average Bonchev–Trinajstić information content (AvgIpc) is 2.05. The van der Waals surface area contributed by atoms with Crippen LogP contribution in [0.2, 0.25) is 0 Å². The van der Waals surface area contributed by atoms with Crippen molar-refractivity contribution in [1.29, 1.82) is 0 Å². The van der Waals surface area contributed by atoms with Gasteiger partial charge in [-0.2, -0.15) is 0 Å². The van der Waals surface area contributed by atoms with Gasteiger partial charge in [-0.05, 0) is 5.56 Å². The molecule has 12 heavy (non-hydrogen) atoms. The third-order valence-corrected chi connectivity index (χ3v) is 2.15. The monoisotopic (exact) mass is 382 g/mol. The zero-order valence-electron chi connectivity index (χ0n) is 6.47. The normalized spacial score (nSPS) is 14.5. The second-order valence-electron chi connectivity index (χ2n) is 2.15. The molecule has 0 aliphatic rings. The van der Waals surface area contributed by atoms with E-state index < -0.39 is 13.9 Å². The van der Waals surface area contributed by atoms with Crippen molar-refractivity contribution in [3.05, 3.63) is 35.9 Å². The van der Waals surface area contributed by atoms with Crippen molar-refractivity contribution < 1.29 is 14.6 Å². The van der Waals surface area contributed by atoms with E-state index in [-0.39, 0.29) is 27.3 Å². The van der Waals surface area contributed by atoms with Gasteiger partial charge in [0.2, 0.25) is 8.03 Å². The number of hydrogen-bond acceptors (Lipinski definition) is 2. The predicted molar refractivity (Wildman–Crippen MR) is 51.2 cm³/mol. The Bertz CT molecular complexity index is 252. The van der Waals surface area contributed by atoms with E-state index in [4.69, 9.17) is 10.00 Å². The molecule has 0 aliphatic heterocycles. The summed E-state index contributed by atoms with van der Waals surface area (Å²) in [6.07, 6.45) is 0. The van der Waals surface area contributed by atoms with Crippen LogP contribution in [0.1, 0.15) is 11.4 Å². The van der Waals surface area contributed by atoms with Crippen molar-refractivity contribution in [2.45, 2.75) is 5.85 Å². The van der Waals surface area contributed by atoms with Crippen LogP contribution in [0.5, 0.6) is 0 Å². The molecule has 0 amide bonds. The molecule has 2 radical (unpaired) electrons. The second-order valence-corrected chi connectivity index (χ2v) is 3.37. The van der Waals surface area contributed by atoms with E-state index in [0.717, 1.165) is 0 Å². The third kappa shape index (κ3) is 3.35. The summed E-state index contributed by atoms with van der Waals surface area (Å²) in [7, 11) is -2.86. The van der Waals surface area contributed by atoms with E-state index in [1.807, 2.05) is 0 Å². The first-order valence-corrected chi connectivity index (χ1v) is 4.61. The zero-order valence-corrected chi connectivity index (χ0v) is 13.0. The van der Waals surface area contributed by atoms with Gasteiger partial charge < -0.3 is 10.00 Å². The summed E-state index contributed by atoms with van der Waals surface area (Å²) in [6, 6.07) is 8.43. The third-order valence-electron chi connectivity index (χ3n) is 1.35. The van der Waals surface area contributed by atoms with Gasteiger partial charge in [-0.1, -0.05) is 30.3 Å². The Morgan fingerprint density at radius 1 is 1.25 bits per heavy atom. The predicted octanol–water partition coefficient (Wildman–Crippen LogP) is 0.228. The Balaban J connectivity index is 0.00000121. The first kappa shape index (κ1) is 12.3. The molecule has 0 fully saturated rings. The Kier molecular flexibility index (Phi) is 6.00. The van der Waals surface area contributed by atoms with Crippen LogP contribution in [0.4, 0.5) is 0 Å². The molecule has 2 atom stereocenters. The molecular formula is C7H11O3PPb. The number of rotatable bonds is 2. The van der Waals surface area contributed by atoms with E-state index >= 15 is 0 Å². The van der Waals surface area contributed by atoms with Crippen molar-refractivity contribution >= 4 is 35.3 Å². The molecule has 5 heteroatoms. The van der Waals surface area contributed by atoms with Crippen molar-refractivity contribution in [1.82, 2.24) is 0 Å². The molecule has 0 saturated carbocycles. The summed E-state index contributed by atoms with van der Waals surface area (Å²) in [6.45, 7) is 0. The van der Waals surface area contributed by atoms with Crippen LogP contribution >= 0.6 is 8.03 Å². The standard InChI is InChI=1S/C7H9O3P.Pb.2H/c8-7(11(9)10)6-4-2-1-3-5-6;;;/h1-5,7-8,11H,(H,9,10);;;. The number of hydrogen-bond donors (Lipinski definition) is 2. The van der Waals surface area contributed by atoms with Crippen LogP contribution in [-0.2, 0) is 4.57 Å². The molecular weight excluding hydrogens is 370 g/mol. The summed E-state index contributed by atoms with van der Waals surface area (Å²) >= 11 is 0. The fourth-order valence-corrected chi connectivity index (χ4v) is 1.26.